The SMILES string of the molecule is Cc1noc(C)c1C(=O)NCC#Cc1cccc(F)c1. The van der Waals surface area contributed by atoms with Crippen molar-refractivity contribution in [2.75, 3.05) is 6.54 Å². The number of aromatic nitrogens is 1. The summed E-state index contributed by atoms with van der Waals surface area (Å²) in [6.07, 6.45) is 0. The molecule has 2 aromatic rings. The molecule has 0 aliphatic carbocycles. The van der Waals surface area contributed by atoms with Crippen molar-refractivity contribution in [1.82, 2.24) is 10.5 Å². The number of carbonyl (C=O) groups is 1. The summed E-state index contributed by atoms with van der Waals surface area (Å²) in [5.41, 5.74) is 1.53. The molecule has 0 aliphatic rings. The van der Waals surface area contributed by atoms with Crippen LogP contribution in [0.1, 0.15) is 27.4 Å². The maximum Gasteiger partial charge on any atom is 0.257 e. The van der Waals surface area contributed by atoms with Crippen LogP contribution in [0.4, 0.5) is 4.39 Å². The molecule has 1 aromatic carbocycles. The first-order valence-electron chi connectivity index (χ1n) is 6.03. The van der Waals surface area contributed by atoms with Crippen LogP contribution in [0.5, 0.6) is 0 Å². The Labute approximate surface area is 116 Å². The maximum absolute atomic E-state index is 12.9. The summed E-state index contributed by atoms with van der Waals surface area (Å²) in [7, 11) is 0. The van der Waals surface area contributed by atoms with Gasteiger partial charge in [-0.05, 0) is 32.0 Å². The second kappa shape index (κ2) is 6.02. The first-order valence-corrected chi connectivity index (χ1v) is 6.03. The molecule has 0 spiro atoms. The standard InChI is InChI=1S/C15H13FN2O2/c1-10-14(11(2)20-18-10)15(19)17-8-4-6-12-5-3-7-13(16)9-12/h3,5,7,9H,8H2,1-2H3,(H,17,19). The molecule has 5 heteroatoms. The molecule has 102 valence electrons. The van der Waals surface area contributed by atoms with Crippen LogP contribution in [-0.2, 0) is 0 Å². The number of hydrogen-bond acceptors (Lipinski definition) is 3. The predicted molar refractivity (Wildman–Crippen MR) is 71.6 cm³/mol. The number of benzene rings is 1. The summed E-state index contributed by atoms with van der Waals surface area (Å²) in [6.45, 7) is 3.54. The van der Waals surface area contributed by atoms with Crippen LogP contribution >= 0.6 is 0 Å². The molecule has 0 atom stereocenters. The molecule has 1 aromatic heterocycles. The second-order valence-electron chi connectivity index (χ2n) is 4.19. The molecule has 0 fully saturated rings. The van der Waals surface area contributed by atoms with Crippen LogP contribution in [-0.4, -0.2) is 17.6 Å². The number of amides is 1. The summed E-state index contributed by atoms with van der Waals surface area (Å²) < 4.78 is 17.8. The topological polar surface area (TPSA) is 55.1 Å². The fraction of sp³-hybridized carbons (Fsp3) is 0.200. The van der Waals surface area contributed by atoms with Gasteiger partial charge in [0.25, 0.3) is 5.91 Å². The van der Waals surface area contributed by atoms with Crippen LogP contribution in [0.25, 0.3) is 0 Å². The van der Waals surface area contributed by atoms with Crippen molar-refractivity contribution < 1.29 is 13.7 Å². The maximum atomic E-state index is 12.9. The van der Waals surface area contributed by atoms with Crippen molar-refractivity contribution in [1.29, 1.82) is 0 Å². The third-order valence-electron chi connectivity index (χ3n) is 2.66. The Kier molecular flexibility index (Phi) is 4.16. The van der Waals surface area contributed by atoms with E-state index in [1.807, 2.05) is 0 Å². The molecule has 1 amide bonds. The van der Waals surface area contributed by atoms with Crippen LogP contribution < -0.4 is 5.32 Å². The third kappa shape index (κ3) is 3.23. The van der Waals surface area contributed by atoms with E-state index in [0.717, 1.165) is 0 Å². The van der Waals surface area contributed by atoms with Gasteiger partial charge in [-0.2, -0.15) is 0 Å². The van der Waals surface area contributed by atoms with E-state index in [-0.39, 0.29) is 18.3 Å². The number of hydrogen-bond donors (Lipinski definition) is 1. The van der Waals surface area contributed by atoms with Crippen LogP contribution in [0.3, 0.4) is 0 Å². The summed E-state index contributed by atoms with van der Waals surface area (Å²) in [5, 5.41) is 6.35. The average Bonchev–Trinajstić information content (AvgIpc) is 2.74. The van der Waals surface area contributed by atoms with Gasteiger partial charge in [0, 0.05) is 5.56 Å². The van der Waals surface area contributed by atoms with E-state index in [1.54, 1.807) is 26.0 Å². The lowest BCUT2D eigenvalue weighted by Crippen LogP contribution is -2.24. The molecule has 0 aliphatic heterocycles. The van der Waals surface area contributed by atoms with Crippen LogP contribution in [0, 0.1) is 31.5 Å². The number of nitrogens with zero attached hydrogens (tertiary/aromatic N) is 1. The van der Waals surface area contributed by atoms with Crippen molar-refractivity contribution >= 4 is 5.91 Å². The Morgan fingerprint density at radius 2 is 2.25 bits per heavy atom. The smallest absolute Gasteiger partial charge is 0.257 e. The van der Waals surface area contributed by atoms with Crippen LogP contribution in [0.15, 0.2) is 28.8 Å². The normalized spacial score (nSPS) is 9.75. The highest BCUT2D eigenvalue weighted by atomic mass is 19.1. The quantitative estimate of drug-likeness (QED) is 0.853. The average molecular weight is 272 g/mol. The van der Waals surface area contributed by atoms with Crippen molar-refractivity contribution in [3.63, 3.8) is 0 Å². The minimum Gasteiger partial charge on any atom is -0.361 e. The first-order chi connectivity index (χ1) is 9.58. The van der Waals surface area contributed by atoms with E-state index < -0.39 is 0 Å². The van der Waals surface area contributed by atoms with Crippen LogP contribution in [0.2, 0.25) is 0 Å². The Morgan fingerprint density at radius 1 is 1.45 bits per heavy atom. The number of carbonyl (C=O) groups excluding carboxylic acids is 1. The zero-order valence-electron chi connectivity index (χ0n) is 11.2. The molecular weight excluding hydrogens is 259 g/mol. The largest absolute Gasteiger partial charge is 0.361 e. The highest BCUT2D eigenvalue weighted by molar-refractivity contribution is 5.96. The molecule has 0 radical (unpaired) electrons. The summed E-state index contributed by atoms with van der Waals surface area (Å²) >= 11 is 0. The molecule has 1 N–H and O–H groups in total. The summed E-state index contributed by atoms with van der Waals surface area (Å²) in [6, 6.07) is 5.97. The Bertz CT molecular complexity index is 676. The molecule has 2 rings (SSSR count). The molecule has 4 nitrogen and oxygen atoms in total. The second-order valence-corrected chi connectivity index (χ2v) is 4.19. The monoisotopic (exact) mass is 272 g/mol. The first kappa shape index (κ1) is 13.8. The zero-order valence-corrected chi connectivity index (χ0v) is 11.2. The molecule has 0 saturated heterocycles. The molecular formula is C15H13FN2O2. The lowest BCUT2D eigenvalue weighted by atomic mass is 10.2. The van der Waals surface area contributed by atoms with Gasteiger partial charge in [0.15, 0.2) is 0 Å². The van der Waals surface area contributed by atoms with Gasteiger partial charge in [-0.3, -0.25) is 4.79 Å². The summed E-state index contributed by atoms with van der Waals surface area (Å²) in [5.74, 6) is 5.38. The molecule has 1 heterocycles. The zero-order chi connectivity index (χ0) is 14.5. The molecule has 0 unspecified atom stereocenters. The molecule has 0 bridgehead atoms. The van der Waals surface area contributed by atoms with E-state index in [4.69, 9.17) is 4.52 Å². The highest BCUT2D eigenvalue weighted by Crippen LogP contribution is 2.11. The highest BCUT2D eigenvalue weighted by Gasteiger charge is 2.16. The van der Waals surface area contributed by atoms with Gasteiger partial charge in [0.1, 0.15) is 17.1 Å². The predicted octanol–water partition coefficient (Wildman–Crippen LogP) is 2.21. The lowest BCUT2D eigenvalue weighted by molar-refractivity contribution is 0.0956. The Morgan fingerprint density at radius 3 is 2.90 bits per heavy atom. The van der Waals surface area contributed by atoms with Gasteiger partial charge in [-0.15, -0.1) is 0 Å². The number of rotatable bonds is 2. The third-order valence-corrected chi connectivity index (χ3v) is 2.66. The van der Waals surface area contributed by atoms with E-state index >= 15 is 0 Å². The minimum atomic E-state index is -0.337. The van der Waals surface area contributed by atoms with E-state index in [9.17, 15) is 9.18 Å². The minimum absolute atomic E-state index is 0.166. The Hall–Kier alpha value is -2.61. The van der Waals surface area contributed by atoms with Crippen molar-refractivity contribution in [2.24, 2.45) is 0 Å². The van der Waals surface area contributed by atoms with Crippen molar-refractivity contribution in [2.45, 2.75) is 13.8 Å². The van der Waals surface area contributed by atoms with Gasteiger partial charge in [-0.1, -0.05) is 23.1 Å². The van der Waals surface area contributed by atoms with E-state index in [1.165, 1.54) is 12.1 Å². The van der Waals surface area contributed by atoms with Gasteiger partial charge in [0.2, 0.25) is 0 Å². The van der Waals surface area contributed by atoms with Gasteiger partial charge >= 0.3 is 0 Å². The fourth-order valence-electron chi connectivity index (χ4n) is 1.73. The fourth-order valence-corrected chi connectivity index (χ4v) is 1.73. The number of aryl methyl sites for hydroxylation is 2. The lowest BCUT2D eigenvalue weighted by Gasteiger charge is -1.99. The number of halogens is 1. The molecule has 20 heavy (non-hydrogen) atoms. The van der Waals surface area contributed by atoms with E-state index in [0.29, 0.717) is 22.6 Å². The van der Waals surface area contributed by atoms with Crippen molar-refractivity contribution in [3.05, 3.63) is 52.7 Å². The van der Waals surface area contributed by atoms with Crippen molar-refractivity contribution in [3.8, 4) is 11.8 Å². The van der Waals surface area contributed by atoms with Gasteiger partial charge < -0.3 is 9.84 Å². The van der Waals surface area contributed by atoms with E-state index in [2.05, 4.69) is 22.3 Å². The molecule has 0 saturated carbocycles. The Balaban J connectivity index is 1.96. The summed E-state index contributed by atoms with van der Waals surface area (Å²) in [4.78, 5) is 11.9. The van der Waals surface area contributed by atoms with Gasteiger partial charge in [0.05, 0.1) is 12.2 Å². The van der Waals surface area contributed by atoms with Gasteiger partial charge in [-0.25, -0.2) is 4.39 Å². The number of nitrogens with one attached hydrogen (secondary N) is 1.